The van der Waals surface area contributed by atoms with Crippen LogP contribution in [-0.4, -0.2) is 33.0 Å². The predicted octanol–water partition coefficient (Wildman–Crippen LogP) is 6.34. The summed E-state index contributed by atoms with van der Waals surface area (Å²) in [5.74, 6) is -3.97. The van der Waals surface area contributed by atoms with Crippen molar-refractivity contribution in [1.29, 1.82) is 0 Å². The molecule has 3 aromatic rings. The van der Waals surface area contributed by atoms with Gasteiger partial charge in [-0.1, -0.05) is 30.8 Å². The molecule has 0 heterocycles. The zero-order valence-electron chi connectivity index (χ0n) is 19.3. The van der Waals surface area contributed by atoms with Crippen molar-refractivity contribution in [3.8, 4) is 0 Å². The summed E-state index contributed by atoms with van der Waals surface area (Å²) in [6, 6.07) is 11.4. The van der Waals surface area contributed by atoms with Gasteiger partial charge in [-0.05, 0) is 42.5 Å². The first-order valence-electron chi connectivity index (χ1n) is 10.4. The van der Waals surface area contributed by atoms with Gasteiger partial charge in [-0.2, -0.15) is 13.2 Å². The number of halogens is 4. The molecule has 14 heteroatoms. The van der Waals surface area contributed by atoms with Gasteiger partial charge in [0.15, 0.2) is 0 Å². The highest BCUT2D eigenvalue weighted by molar-refractivity contribution is 7.99. The minimum Gasteiger partial charge on any atom is -0.478 e. The van der Waals surface area contributed by atoms with Crippen LogP contribution < -0.4 is 5.32 Å². The van der Waals surface area contributed by atoms with E-state index >= 15 is 0 Å². The number of aromatic carboxylic acids is 2. The maximum absolute atomic E-state index is 13.1. The van der Waals surface area contributed by atoms with Crippen molar-refractivity contribution >= 4 is 41.0 Å². The van der Waals surface area contributed by atoms with Crippen molar-refractivity contribution < 1.29 is 47.1 Å². The molecular weight excluding hydrogens is 536 g/mol. The molecule has 0 aliphatic rings. The third-order valence-electron chi connectivity index (χ3n) is 4.62. The average Bonchev–Trinajstić information content (AvgIpc) is 2.84. The highest BCUT2D eigenvalue weighted by atomic mass is 32.2. The van der Waals surface area contributed by atoms with Gasteiger partial charge in [0, 0.05) is 22.3 Å². The molecular formula is C24H18F4N2O7S. The van der Waals surface area contributed by atoms with E-state index < -0.39 is 45.7 Å². The average molecular weight is 554 g/mol. The lowest BCUT2D eigenvalue weighted by molar-refractivity contribution is -0.385. The SMILES string of the molecule is CCC(=O)Nc1ccc(Sc2ccccc2C(F)(F)F)cc1C(=O)O.O=C(O)c1cc(F)ccc1[N+](=O)[O-]. The second-order valence-corrected chi connectivity index (χ2v) is 8.35. The van der Waals surface area contributed by atoms with Crippen LogP contribution in [0.4, 0.5) is 28.9 Å². The van der Waals surface area contributed by atoms with E-state index in [1.165, 1.54) is 36.4 Å². The van der Waals surface area contributed by atoms with E-state index in [4.69, 9.17) is 5.11 Å². The number of hydrogen-bond acceptors (Lipinski definition) is 6. The summed E-state index contributed by atoms with van der Waals surface area (Å²) >= 11 is 0.810. The number of anilines is 1. The Kier molecular flexibility index (Phi) is 9.93. The Morgan fingerprint density at radius 2 is 1.61 bits per heavy atom. The molecule has 3 rings (SSSR count). The molecule has 0 saturated heterocycles. The van der Waals surface area contributed by atoms with E-state index in [9.17, 15) is 47.2 Å². The van der Waals surface area contributed by atoms with E-state index in [-0.39, 0.29) is 28.5 Å². The van der Waals surface area contributed by atoms with Gasteiger partial charge in [0.1, 0.15) is 11.4 Å². The van der Waals surface area contributed by atoms with Crippen molar-refractivity contribution in [3.05, 3.63) is 93.3 Å². The summed E-state index contributed by atoms with van der Waals surface area (Å²) in [7, 11) is 0. The van der Waals surface area contributed by atoms with Gasteiger partial charge in [0.05, 0.1) is 21.7 Å². The lowest BCUT2D eigenvalue weighted by Gasteiger charge is -2.13. The van der Waals surface area contributed by atoms with Crippen LogP contribution in [-0.2, 0) is 11.0 Å². The van der Waals surface area contributed by atoms with Crippen molar-refractivity contribution in [2.45, 2.75) is 29.3 Å². The Bertz CT molecular complexity index is 1380. The summed E-state index contributed by atoms with van der Waals surface area (Å²) in [6.45, 7) is 1.62. The first-order chi connectivity index (χ1) is 17.7. The summed E-state index contributed by atoms with van der Waals surface area (Å²) in [5, 5.41) is 30.5. The zero-order chi connectivity index (χ0) is 28.6. The number of carbonyl (C=O) groups is 3. The number of carboxylic acid groups (broad SMARTS) is 2. The molecule has 0 bridgehead atoms. The highest BCUT2D eigenvalue weighted by Gasteiger charge is 2.33. The number of nitrogens with one attached hydrogen (secondary N) is 1. The molecule has 3 aromatic carbocycles. The lowest BCUT2D eigenvalue weighted by atomic mass is 10.1. The number of carbonyl (C=O) groups excluding carboxylic acids is 1. The molecule has 200 valence electrons. The number of alkyl halides is 3. The van der Waals surface area contributed by atoms with Crippen molar-refractivity contribution in [2.24, 2.45) is 0 Å². The number of nitro benzene ring substituents is 1. The first-order valence-corrected chi connectivity index (χ1v) is 11.2. The van der Waals surface area contributed by atoms with Crippen molar-refractivity contribution in [1.82, 2.24) is 0 Å². The molecule has 0 atom stereocenters. The molecule has 9 nitrogen and oxygen atoms in total. The van der Waals surface area contributed by atoms with Crippen LogP contribution >= 0.6 is 11.8 Å². The number of nitrogens with zero attached hydrogens (tertiary/aromatic N) is 1. The third kappa shape index (κ3) is 8.03. The maximum atomic E-state index is 13.1. The van der Waals surface area contributed by atoms with Crippen molar-refractivity contribution in [3.63, 3.8) is 0 Å². The molecule has 0 spiro atoms. The summed E-state index contributed by atoms with van der Waals surface area (Å²) in [4.78, 5) is 42.9. The number of amides is 1. The Balaban J connectivity index is 0.000000328. The van der Waals surface area contributed by atoms with Gasteiger partial charge in [0.25, 0.3) is 5.69 Å². The van der Waals surface area contributed by atoms with Crippen LogP contribution in [0, 0.1) is 15.9 Å². The second-order valence-electron chi connectivity index (χ2n) is 7.23. The fraction of sp³-hybridized carbons (Fsp3) is 0.125. The largest absolute Gasteiger partial charge is 0.478 e. The first kappa shape index (κ1) is 29.8. The van der Waals surface area contributed by atoms with Gasteiger partial charge in [0.2, 0.25) is 5.91 Å². The molecule has 0 unspecified atom stereocenters. The lowest BCUT2D eigenvalue weighted by Crippen LogP contribution is -2.13. The number of carboxylic acids is 2. The molecule has 0 aliphatic heterocycles. The fourth-order valence-electron chi connectivity index (χ4n) is 2.87. The highest BCUT2D eigenvalue weighted by Crippen LogP contribution is 2.40. The standard InChI is InChI=1S/C17H14F3NO3S.C7H4FNO4/c1-2-15(22)21-13-8-7-10(9-11(13)16(23)24)25-14-6-4-3-5-12(14)17(18,19)20;8-4-1-2-6(9(12)13)5(3-4)7(10)11/h3-9H,2H2,1H3,(H,21,22)(H,23,24);1-3H,(H,10,11). The van der Waals surface area contributed by atoms with Gasteiger partial charge < -0.3 is 15.5 Å². The Morgan fingerprint density at radius 1 is 0.974 bits per heavy atom. The predicted molar refractivity (Wildman–Crippen MR) is 128 cm³/mol. The maximum Gasteiger partial charge on any atom is 0.417 e. The number of rotatable bonds is 7. The molecule has 38 heavy (non-hydrogen) atoms. The van der Waals surface area contributed by atoms with E-state index in [0.717, 1.165) is 30.0 Å². The Hall–Kier alpha value is -4.46. The smallest absolute Gasteiger partial charge is 0.417 e. The van der Waals surface area contributed by atoms with Crippen LogP contribution in [0.25, 0.3) is 0 Å². The molecule has 0 saturated carbocycles. The van der Waals surface area contributed by atoms with E-state index in [1.54, 1.807) is 6.92 Å². The molecule has 0 radical (unpaired) electrons. The molecule has 1 amide bonds. The van der Waals surface area contributed by atoms with Crippen molar-refractivity contribution in [2.75, 3.05) is 5.32 Å². The normalized spacial score (nSPS) is 10.7. The number of hydrogen-bond donors (Lipinski definition) is 3. The van der Waals surface area contributed by atoms with Gasteiger partial charge >= 0.3 is 18.1 Å². The van der Waals surface area contributed by atoms with E-state index in [0.29, 0.717) is 11.0 Å². The fourth-order valence-corrected chi connectivity index (χ4v) is 3.87. The van der Waals surface area contributed by atoms with Crippen LogP contribution in [0.2, 0.25) is 0 Å². The minimum absolute atomic E-state index is 0.0308. The van der Waals surface area contributed by atoms with Crippen LogP contribution in [0.15, 0.2) is 70.5 Å². The van der Waals surface area contributed by atoms with Crippen LogP contribution in [0.3, 0.4) is 0 Å². The summed E-state index contributed by atoms with van der Waals surface area (Å²) in [5.41, 5.74) is -2.14. The minimum atomic E-state index is -4.51. The quantitative estimate of drug-likeness (QED) is 0.174. The van der Waals surface area contributed by atoms with Gasteiger partial charge in [-0.15, -0.1) is 0 Å². The molecule has 0 aliphatic carbocycles. The molecule has 3 N–H and O–H groups in total. The zero-order valence-corrected chi connectivity index (χ0v) is 20.1. The van der Waals surface area contributed by atoms with E-state index in [2.05, 4.69) is 5.32 Å². The van der Waals surface area contributed by atoms with Crippen LogP contribution in [0.5, 0.6) is 0 Å². The van der Waals surface area contributed by atoms with Crippen LogP contribution in [0.1, 0.15) is 39.6 Å². The molecule has 0 aromatic heterocycles. The molecule has 0 fully saturated rings. The third-order valence-corrected chi connectivity index (χ3v) is 5.69. The Morgan fingerprint density at radius 3 is 2.16 bits per heavy atom. The second kappa shape index (κ2) is 12.7. The van der Waals surface area contributed by atoms with Gasteiger partial charge in [-0.3, -0.25) is 14.9 Å². The summed E-state index contributed by atoms with van der Waals surface area (Å²) in [6.07, 6.45) is -4.33. The van der Waals surface area contributed by atoms with E-state index in [1.807, 2.05) is 0 Å². The number of benzene rings is 3. The Labute approximate surface area is 216 Å². The topological polar surface area (TPSA) is 147 Å². The van der Waals surface area contributed by atoms with Gasteiger partial charge in [-0.25, -0.2) is 14.0 Å². The number of nitro groups is 1. The monoisotopic (exact) mass is 554 g/mol. The summed E-state index contributed by atoms with van der Waals surface area (Å²) < 4.78 is 51.6.